The molecule has 0 aromatic heterocycles. The van der Waals surface area contributed by atoms with Gasteiger partial charge in [0.05, 0.1) is 0 Å². The quantitative estimate of drug-likeness (QED) is 0.726. The van der Waals surface area contributed by atoms with Crippen molar-refractivity contribution in [1.29, 1.82) is 0 Å². The Kier molecular flexibility index (Phi) is 5180. The molecule has 1 nitrogen and oxygen atoms in total. The molecule has 4 heteroatoms. The molecule has 56 valence electrons. The monoisotopic (exact) mass is 305 g/mol. The largest absolute Gasteiger partial charge is 0.344 e. The third-order valence-corrected chi connectivity index (χ3v) is 0. The van der Waals surface area contributed by atoms with Crippen LogP contribution in [0.15, 0.2) is 0 Å². The fraction of sp³-hybridized carbons (Fsp3) is 1.00. The lowest BCUT2D eigenvalue weighted by molar-refractivity contribution is 2.13. The van der Waals surface area contributed by atoms with Crippen LogP contribution in [-0.4, -0.2) is 0 Å². The summed E-state index contributed by atoms with van der Waals surface area (Å²) in [5.41, 5.74) is 0. The molecule has 0 radical (unpaired) electrons. The van der Waals surface area contributed by atoms with Crippen LogP contribution in [0.2, 0.25) is 0 Å². The van der Waals surface area contributed by atoms with Gasteiger partial charge in [-0.2, -0.15) is 0 Å². The maximum atomic E-state index is 0. The van der Waals surface area contributed by atoms with Crippen molar-refractivity contribution in [3.05, 3.63) is 0 Å². The molecule has 0 unspecified atom stereocenters. The van der Waals surface area contributed by atoms with Gasteiger partial charge in [-0.1, -0.05) is 22.3 Å². The third kappa shape index (κ3) is 110. The molecule has 0 spiro atoms. The van der Waals surface area contributed by atoms with Crippen molar-refractivity contribution in [1.82, 2.24) is 6.15 Å². The van der Waals surface area contributed by atoms with E-state index in [-0.39, 0.29) is 79.4 Å². The second-order valence-corrected chi connectivity index (χ2v) is 0. The summed E-state index contributed by atoms with van der Waals surface area (Å²) in [5, 5.41) is 0. The van der Waals surface area contributed by atoms with Gasteiger partial charge in [-0.25, -0.2) is 0 Å². The van der Waals surface area contributed by atoms with Crippen LogP contribution in [0.5, 0.6) is 0 Å². The number of halogens is 3. The molecule has 3 N–H and O–H groups in total. The molecule has 0 fully saturated rings. The summed E-state index contributed by atoms with van der Waals surface area (Å²) < 4.78 is 0. The van der Waals surface area contributed by atoms with Gasteiger partial charge >= 0.3 is 0 Å². The predicted molar refractivity (Wildman–Crippen MR) is 56.2 cm³/mol. The van der Waals surface area contributed by atoms with Gasteiger partial charge in [0.2, 0.25) is 0 Å². The average molecular weight is 308 g/mol. The van der Waals surface area contributed by atoms with Crippen LogP contribution < -0.4 is 6.15 Å². The van der Waals surface area contributed by atoms with E-state index in [1.54, 1.807) is 0 Å². The van der Waals surface area contributed by atoms with Crippen LogP contribution in [0.1, 0.15) is 22.3 Å². The number of hydrogen-bond acceptors (Lipinski definition) is 1. The zero-order valence-corrected chi connectivity index (χ0v) is 7.07. The minimum atomic E-state index is 0. The fourth-order valence-corrected chi connectivity index (χ4v) is 0. The molecule has 0 heterocycles. The van der Waals surface area contributed by atoms with Crippen LogP contribution in [0.3, 0.4) is 0 Å². The molecule has 0 aromatic carbocycles. The molecule has 0 saturated heterocycles. The van der Waals surface area contributed by atoms with Crippen LogP contribution in [0, 0.1) is 0 Å². The average Bonchev–Trinajstić information content (AvgIpc) is 0. The van der Waals surface area contributed by atoms with Gasteiger partial charge in [0.1, 0.15) is 0 Å². The van der Waals surface area contributed by atoms with Gasteiger partial charge < -0.3 is 6.15 Å². The number of hydrogen-bond donors (Lipinski definition) is 1. The normalized spacial score (nSPS) is 0. The maximum Gasteiger partial charge on any atom is -0.0776 e. The molecule has 0 aliphatic heterocycles. The van der Waals surface area contributed by atoms with E-state index >= 15 is 0 Å². The summed E-state index contributed by atoms with van der Waals surface area (Å²) in [5.74, 6) is 0. The molecule has 7 heavy (non-hydrogen) atoms. The van der Waals surface area contributed by atoms with E-state index in [0.717, 1.165) is 0 Å². The van der Waals surface area contributed by atoms with Crippen molar-refractivity contribution < 1.29 is 0 Å². The Morgan fingerprint density at radius 3 is 0.429 bits per heavy atom. The van der Waals surface area contributed by atoms with E-state index in [2.05, 4.69) is 0 Å². The zero-order valence-electron chi connectivity index (χ0n) is 1.93. The Hall–Kier alpha value is 1.40. The Bertz CT molecular complexity index is 10.1. The van der Waals surface area contributed by atoms with Crippen LogP contribution in [0.25, 0.3) is 0 Å². The van der Waals surface area contributed by atoms with E-state index in [1.807, 2.05) is 0 Å². The van der Waals surface area contributed by atoms with Gasteiger partial charge in [0.15, 0.2) is 0 Å². The number of rotatable bonds is 0. The summed E-state index contributed by atoms with van der Waals surface area (Å²) in [6.07, 6.45) is 0. The maximum absolute atomic E-state index is 0. The van der Waals surface area contributed by atoms with Crippen molar-refractivity contribution in [2.75, 3.05) is 0 Å². The Morgan fingerprint density at radius 2 is 0.429 bits per heavy atom. The standard InChI is InChI=1S/3CH4.3BrH.H3N/h3*1H4;3*1H;1H3. The minimum absolute atomic E-state index is 0. The lowest BCUT2D eigenvalue weighted by Crippen LogP contribution is -0.481. The highest BCUT2D eigenvalue weighted by molar-refractivity contribution is 8.93. The van der Waals surface area contributed by atoms with Crippen molar-refractivity contribution >= 4 is 50.9 Å². The zero-order chi connectivity index (χ0) is 0. The lowest BCUT2D eigenvalue weighted by Gasteiger charge is -0.344. The molecular weight excluding hydrogens is 290 g/mol. The lowest BCUT2D eigenvalue weighted by atomic mass is 12.0. The minimum Gasteiger partial charge on any atom is -0.344 e. The van der Waals surface area contributed by atoms with E-state index in [0.29, 0.717) is 0 Å². The summed E-state index contributed by atoms with van der Waals surface area (Å²) in [7, 11) is 0. The second kappa shape index (κ2) is 155. The Labute approximate surface area is 79.2 Å². The molecule has 0 aliphatic carbocycles. The van der Waals surface area contributed by atoms with Crippen molar-refractivity contribution in [3.63, 3.8) is 0 Å². The second-order valence-electron chi connectivity index (χ2n) is 0. The summed E-state index contributed by atoms with van der Waals surface area (Å²) in [6.45, 7) is 0. The predicted octanol–water partition coefficient (Wildman–Crippen LogP) is 3.80. The van der Waals surface area contributed by atoms with Gasteiger partial charge in [-0.3, -0.25) is 0 Å². The molecule has 0 atom stereocenters. The van der Waals surface area contributed by atoms with Crippen LogP contribution in [-0.2, 0) is 0 Å². The highest BCUT2D eigenvalue weighted by Gasteiger charge is -0.0753. The molecule has 0 saturated carbocycles. The van der Waals surface area contributed by atoms with E-state index in [1.165, 1.54) is 0 Å². The summed E-state index contributed by atoms with van der Waals surface area (Å²) >= 11 is 0. The first-order valence-corrected chi connectivity index (χ1v) is 0. The molecule has 0 aromatic rings. The molecule has 0 rings (SSSR count). The molecular formula is C3H18Br3N. The van der Waals surface area contributed by atoms with E-state index in [4.69, 9.17) is 0 Å². The van der Waals surface area contributed by atoms with Crippen molar-refractivity contribution in [3.8, 4) is 0 Å². The van der Waals surface area contributed by atoms with Crippen LogP contribution in [0.4, 0.5) is 0 Å². The summed E-state index contributed by atoms with van der Waals surface area (Å²) in [4.78, 5) is 0. The molecule has 0 aliphatic rings. The first kappa shape index (κ1) is 235. The van der Waals surface area contributed by atoms with Gasteiger partial charge in [0, 0.05) is 0 Å². The summed E-state index contributed by atoms with van der Waals surface area (Å²) in [6, 6.07) is 0. The topological polar surface area (TPSA) is 35.0 Å². The SMILES string of the molecule is Br.Br.Br.C.C.C.N. The third-order valence-electron chi connectivity index (χ3n) is 0. The molecule has 0 amide bonds. The van der Waals surface area contributed by atoms with Gasteiger partial charge in [-0.05, 0) is 0 Å². The van der Waals surface area contributed by atoms with Gasteiger partial charge in [0.25, 0.3) is 0 Å². The molecule has 0 bridgehead atoms. The van der Waals surface area contributed by atoms with Crippen molar-refractivity contribution in [2.45, 2.75) is 22.3 Å². The first-order chi connectivity index (χ1) is 0. The highest BCUT2D eigenvalue weighted by Crippen LogP contribution is 0.848. The van der Waals surface area contributed by atoms with Gasteiger partial charge in [-0.15, -0.1) is 50.9 Å². The smallest absolute Gasteiger partial charge is 0.0776 e. The van der Waals surface area contributed by atoms with Crippen LogP contribution >= 0.6 is 50.9 Å². The van der Waals surface area contributed by atoms with Crippen molar-refractivity contribution in [2.24, 2.45) is 0 Å². The fourth-order valence-electron chi connectivity index (χ4n) is 0. The first-order valence-electron chi connectivity index (χ1n) is 0. The van der Waals surface area contributed by atoms with E-state index in [9.17, 15) is 0 Å². The highest BCUT2D eigenvalue weighted by atomic mass is 79.9. The Balaban J connectivity index is 0. The Morgan fingerprint density at radius 1 is 0.429 bits per heavy atom. The van der Waals surface area contributed by atoms with E-state index < -0.39 is 0 Å².